The number of nitrogens with one attached hydrogen (secondary N) is 1. The maximum atomic E-state index is 12.6. The van der Waals surface area contributed by atoms with Gasteiger partial charge >= 0.3 is 6.03 Å². The number of aliphatic hydroxyl groups is 1. The second kappa shape index (κ2) is 7.58. The van der Waals surface area contributed by atoms with Crippen LogP contribution < -0.4 is 5.32 Å². The number of benzene rings is 1. The summed E-state index contributed by atoms with van der Waals surface area (Å²) in [5, 5.41) is 13.2. The number of carbonyl (C=O) groups excluding carboxylic acids is 1. The second-order valence-electron chi connectivity index (χ2n) is 7.21. The molecule has 0 bridgehead atoms. The Morgan fingerprint density at radius 1 is 1.39 bits per heavy atom. The Morgan fingerprint density at radius 2 is 2.09 bits per heavy atom. The van der Waals surface area contributed by atoms with E-state index in [4.69, 9.17) is 0 Å². The monoisotopic (exact) mass is 336 g/mol. The topological polar surface area (TPSA) is 52.6 Å². The number of urea groups is 1. The summed E-state index contributed by atoms with van der Waals surface area (Å²) in [6, 6.07) is 9.78. The molecule has 5 heteroatoms. The Hall–Kier alpha value is -1.20. The molecular weight excluding hydrogens is 308 g/mol. The highest BCUT2D eigenvalue weighted by Gasteiger charge is 2.31. The summed E-state index contributed by atoms with van der Waals surface area (Å²) in [6.07, 6.45) is 2.36. The lowest BCUT2D eigenvalue weighted by Gasteiger charge is -2.31. The van der Waals surface area contributed by atoms with Gasteiger partial charge in [-0.15, -0.1) is 0 Å². The smallest absolute Gasteiger partial charge is 0.317 e. The Kier molecular flexibility index (Phi) is 5.98. The molecule has 1 atom stereocenters. The number of hydrogen-bond donors (Lipinski definition) is 2. The number of nitrogens with zero attached hydrogens (tertiary/aromatic N) is 1. The van der Waals surface area contributed by atoms with Crippen molar-refractivity contribution >= 4 is 17.8 Å². The van der Waals surface area contributed by atoms with Crippen molar-refractivity contribution in [1.29, 1.82) is 0 Å². The molecule has 23 heavy (non-hydrogen) atoms. The zero-order valence-electron chi connectivity index (χ0n) is 14.3. The second-order valence-corrected chi connectivity index (χ2v) is 8.90. The van der Waals surface area contributed by atoms with Crippen LogP contribution in [0.25, 0.3) is 0 Å². The molecule has 1 heterocycles. The minimum Gasteiger partial charge on any atom is -0.389 e. The standard InChI is InChI=1S/C18H28N2O2S/c1-17(2,22)14-20(12-15-8-5-4-6-9-15)16(21)19-13-18(3)10-7-11-23-18/h4-6,8-9,22H,7,10-14H2,1-3H3,(H,19,21). The van der Waals surface area contributed by atoms with Crippen molar-refractivity contribution in [2.45, 2.75) is 50.5 Å². The molecule has 1 aliphatic rings. The number of carbonyl (C=O) groups is 1. The van der Waals surface area contributed by atoms with Crippen LogP contribution in [0.3, 0.4) is 0 Å². The molecule has 1 saturated heterocycles. The van der Waals surface area contributed by atoms with Crippen LogP contribution in [0.4, 0.5) is 4.79 Å². The van der Waals surface area contributed by atoms with Crippen molar-refractivity contribution in [3.63, 3.8) is 0 Å². The third-order valence-electron chi connectivity index (χ3n) is 4.00. The largest absolute Gasteiger partial charge is 0.389 e. The predicted molar refractivity (Wildman–Crippen MR) is 96.6 cm³/mol. The van der Waals surface area contributed by atoms with Gasteiger partial charge in [-0.3, -0.25) is 0 Å². The fraction of sp³-hybridized carbons (Fsp3) is 0.611. The molecule has 1 unspecified atom stereocenters. The van der Waals surface area contributed by atoms with Crippen molar-refractivity contribution in [3.05, 3.63) is 35.9 Å². The molecule has 4 nitrogen and oxygen atoms in total. The first kappa shape index (κ1) is 18.1. The lowest BCUT2D eigenvalue weighted by Crippen LogP contribution is -2.49. The van der Waals surface area contributed by atoms with E-state index in [1.165, 1.54) is 12.2 Å². The van der Waals surface area contributed by atoms with E-state index in [1.807, 2.05) is 42.1 Å². The molecule has 0 aromatic heterocycles. The number of hydrogen-bond acceptors (Lipinski definition) is 3. The fourth-order valence-electron chi connectivity index (χ4n) is 2.82. The first-order valence-corrected chi connectivity index (χ1v) is 9.19. The molecule has 2 rings (SSSR count). The van der Waals surface area contributed by atoms with E-state index in [2.05, 4.69) is 12.2 Å². The lowest BCUT2D eigenvalue weighted by atomic mass is 10.1. The highest BCUT2D eigenvalue weighted by atomic mass is 32.2. The normalized spacial score (nSPS) is 21.2. The van der Waals surface area contributed by atoms with E-state index < -0.39 is 5.60 Å². The first-order valence-electron chi connectivity index (χ1n) is 8.21. The van der Waals surface area contributed by atoms with Crippen LogP contribution >= 0.6 is 11.8 Å². The van der Waals surface area contributed by atoms with E-state index >= 15 is 0 Å². The van der Waals surface area contributed by atoms with Crippen LogP contribution in [0.5, 0.6) is 0 Å². The van der Waals surface area contributed by atoms with Crippen LogP contribution in [0.15, 0.2) is 30.3 Å². The maximum Gasteiger partial charge on any atom is 0.317 e. The predicted octanol–water partition coefficient (Wildman–Crippen LogP) is 3.25. The molecule has 2 N–H and O–H groups in total. The number of rotatable bonds is 6. The first-order chi connectivity index (χ1) is 10.8. The Morgan fingerprint density at radius 3 is 2.65 bits per heavy atom. The van der Waals surface area contributed by atoms with Crippen molar-refractivity contribution in [2.24, 2.45) is 0 Å². The highest BCUT2D eigenvalue weighted by Crippen LogP contribution is 2.36. The Bertz CT molecular complexity index is 508. The van der Waals surface area contributed by atoms with Gasteiger partial charge in [-0.2, -0.15) is 11.8 Å². The lowest BCUT2D eigenvalue weighted by molar-refractivity contribution is 0.0446. The molecule has 1 fully saturated rings. The van der Waals surface area contributed by atoms with E-state index in [9.17, 15) is 9.90 Å². The molecule has 128 valence electrons. The molecule has 0 radical (unpaired) electrons. The molecule has 0 aliphatic carbocycles. The minimum atomic E-state index is -0.919. The Labute approximate surface area is 143 Å². The van der Waals surface area contributed by atoms with Crippen LogP contribution in [-0.4, -0.2) is 45.2 Å². The van der Waals surface area contributed by atoms with Gasteiger partial charge in [0.05, 0.1) is 12.1 Å². The summed E-state index contributed by atoms with van der Waals surface area (Å²) >= 11 is 1.93. The molecule has 0 spiro atoms. The van der Waals surface area contributed by atoms with Gasteiger partial charge in [0, 0.05) is 17.8 Å². The summed E-state index contributed by atoms with van der Waals surface area (Å²) in [5.41, 5.74) is 0.145. The van der Waals surface area contributed by atoms with Crippen LogP contribution in [-0.2, 0) is 6.54 Å². The third kappa shape index (κ3) is 6.07. The quantitative estimate of drug-likeness (QED) is 0.838. The molecule has 1 aliphatic heterocycles. The van der Waals surface area contributed by atoms with Gasteiger partial charge in [-0.25, -0.2) is 4.79 Å². The maximum absolute atomic E-state index is 12.6. The third-order valence-corrected chi connectivity index (χ3v) is 5.53. The van der Waals surface area contributed by atoms with E-state index in [-0.39, 0.29) is 10.8 Å². The van der Waals surface area contributed by atoms with Crippen molar-refractivity contribution in [1.82, 2.24) is 10.2 Å². The van der Waals surface area contributed by atoms with Crippen molar-refractivity contribution in [2.75, 3.05) is 18.8 Å². The van der Waals surface area contributed by atoms with Gasteiger partial charge in [-0.1, -0.05) is 30.3 Å². The number of amides is 2. The molecule has 0 saturated carbocycles. The van der Waals surface area contributed by atoms with Crippen LogP contribution in [0, 0.1) is 0 Å². The highest BCUT2D eigenvalue weighted by molar-refractivity contribution is 8.00. The average molecular weight is 337 g/mol. The van der Waals surface area contributed by atoms with E-state index in [0.29, 0.717) is 19.6 Å². The van der Waals surface area contributed by atoms with Gasteiger partial charge < -0.3 is 15.3 Å². The number of thioether (sulfide) groups is 1. The van der Waals surface area contributed by atoms with Gasteiger partial charge in [0.25, 0.3) is 0 Å². The van der Waals surface area contributed by atoms with E-state index in [1.54, 1.807) is 18.7 Å². The zero-order chi connectivity index (χ0) is 16.9. The summed E-state index contributed by atoms with van der Waals surface area (Å²) in [5.74, 6) is 1.17. The summed E-state index contributed by atoms with van der Waals surface area (Å²) in [7, 11) is 0. The Balaban J connectivity index is 1.99. The molecule has 2 amide bonds. The molecular formula is C18H28N2O2S. The van der Waals surface area contributed by atoms with Crippen molar-refractivity contribution in [3.8, 4) is 0 Å². The molecule has 1 aromatic carbocycles. The van der Waals surface area contributed by atoms with Gasteiger partial charge in [0.1, 0.15) is 0 Å². The fourth-order valence-corrected chi connectivity index (χ4v) is 4.07. The summed E-state index contributed by atoms with van der Waals surface area (Å²) < 4.78 is 0.142. The summed E-state index contributed by atoms with van der Waals surface area (Å²) in [6.45, 7) is 7.15. The molecule has 1 aromatic rings. The van der Waals surface area contributed by atoms with Crippen molar-refractivity contribution < 1.29 is 9.90 Å². The average Bonchev–Trinajstić information content (AvgIpc) is 2.91. The SMILES string of the molecule is CC(C)(O)CN(Cc1ccccc1)C(=O)NCC1(C)CCCS1. The van der Waals surface area contributed by atoms with Gasteiger partial charge in [-0.05, 0) is 44.9 Å². The van der Waals surface area contributed by atoms with Crippen LogP contribution in [0.1, 0.15) is 39.2 Å². The summed E-state index contributed by atoms with van der Waals surface area (Å²) in [4.78, 5) is 14.3. The minimum absolute atomic E-state index is 0.107. The van der Waals surface area contributed by atoms with Gasteiger partial charge in [0.15, 0.2) is 0 Å². The zero-order valence-corrected chi connectivity index (χ0v) is 15.2. The van der Waals surface area contributed by atoms with Crippen LogP contribution in [0.2, 0.25) is 0 Å². The van der Waals surface area contributed by atoms with Gasteiger partial charge in [0.2, 0.25) is 0 Å². The van der Waals surface area contributed by atoms with E-state index in [0.717, 1.165) is 12.0 Å².